The van der Waals surface area contributed by atoms with Crippen LogP contribution in [0.3, 0.4) is 0 Å². The lowest BCUT2D eigenvalue weighted by atomic mass is 10.1. The minimum Gasteiger partial charge on any atom is -0.445 e. The molecule has 0 bridgehead atoms. The lowest BCUT2D eigenvalue weighted by Gasteiger charge is -2.19. The fraction of sp³-hybridized carbons (Fsp3) is 0.667. The first-order valence-electron chi connectivity index (χ1n) is 4.23. The maximum absolute atomic E-state index is 11.9. The van der Waals surface area contributed by atoms with Gasteiger partial charge in [-0.25, -0.2) is 9.18 Å². The van der Waals surface area contributed by atoms with Gasteiger partial charge in [-0.05, 0) is 20.8 Å². The van der Waals surface area contributed by atoms with Gasteiger partial charge >= 0.3 is 6.09 Å². The number of amides is 1. The molecule has 0 rings (SSSR count). The zero-order valence-corrected chi connectivity index (χ0v) is 8.63. The van der Waals surface area contributed by atoms with Crippen molar-refractivity contribution in [1.29, 1.82) is 0 Å². The van der Waals surface area contributed by atoms with E-state index in [2.05, 4.69) is 10.1 Å². The van der Waals surface area contributed by atoms with Crippen LogP contribution in [0.15, 0.2) is 11.9 Å². The number of halogens is 1. The molecule has 0 aliphatic rings. The summed E-state index contributed by atoms with van der Waals surface area (Å²) in [5.41, 5.74) is -0.371. The van der Waals surface area contributed by atoms with E-state index in [-0.39, 0.29) is 18.5 Å². The Kier molecular flexibility index (Phi) is 5.15. The van der Waals surface area contributed by atoms with Gasteiger partial charge in [0.2, 0.25) is 0 Å². The van der Waals surface area contributed by atoms with Crippen molar-refractivity contribution >= 4 is 6.09 Å². The van der Waals surface area contributed by atoms with E-state index in [0.717, 1.165) is 0 Å². The summed E-state index contributed by atoms with van der Waals surface area (Å²) in [4.78, 5) is 11.0. The van der Waals surface area contributed by atoms with E-state index < -0.39 is 18.2 Å². The van der Waals surface area contributed by atoms with E-state index in [1.165, 1.54) is 0 Å². The predicted molar refractivity (Wildman–Crippen MR) is 50.5 cm³/mol. The average Bonchev–Trinajstić information content (AvgIpc) is 2.03. The number of alkyl carbamates (subject to hydrolysis) is 1. The number of ether oxygens (including phenoxy) is 1. The summed E-state index contributed by atoms with van der Waals surface area (Å²) >= 11 is 0. The monoisotopic (exact) mass is 205 g/mol. The largest absolute Gasteiger partial charge is 0.445 e. The van der Waals surface area contributed by atoms with Crippen molar-refractivity contribution < 1.29 is 19.0 Å². The predicted octanol–water partition coefficient (Wildman–Crippen LogP) is 1.36. The third kappa shape index (κ3) is 6.42. The van der Waals surface area contributed by atoms with Gasteiger partial charge in [0.1, 0.15) is 6.61 Å². The molecule has 0 heterocycles. The molecule has 1 amide bonds. The van der Waals surface area contributed by atoms with E-state index in [4.69, 9.17) is 5.11 Å². The van der Waals surface area contributed by atoms with Gasteiger partial charge in [0.25, 0.3) is 0 Å². The Morgan fingerprint density at radius 2 is 2.14 bits per heavy atom. The van der Waals surface area contributed by atoms with E-state index in [9.17, 15) is 9.18 Å². The number of carbonyl (C=O) groups is 1. The van der Waals surface area contributed by atoms with Gasteiger partial charge in [-0.2, -0.15) is 0 Å². The van der Waals surface area contributed by atoms with Gasteiger partial charge in [-0.3, -0.25) is 0 Å². The third-order valence-corrected chi connectivity index (χ3v) is 1.22. The van der Waals surface area contributed by atoms with Crippen LogP contribution in [0.25, 0.3) is 0 Å². The molecule has 0 aliphatic carbocycles. The van der Waals surface area contributed by atoms with Gasteiger partial charge < -0.3 is 15.2 Å². The molecule has 5 heteroatoms. The van der Waals surface area contributed by atoms with E-state index in [0.29, 0.717) is 0 Å². The van der Waals surface area contributed by atoms with E-state index in [1.807, 2.05) is 0 Å². The van der Waals surface area contributed by atoms with Crippen LogP contribution in [0.4, 0.5) is 9.18 Å². The fourth-order valence-corrected chi connectivity index (χ4v) is 0.612. The van der Waals surface area contributed by atoms with E-state index >= 15 is 0 Å². The third-order valence-electron chi connectivity index (χ3n) is 1.22. The summed E-state index contributed by atoms with van der Waals surface area (Å²) in [5, 5.41) is 11.1. The standard InChI is InChI=1S/C9H16FNO3/c1-9(2,3)11-8(13)14-6-7(4-10)5-12/h4,12H,5-6H2,1-3H3,(H,11,13)/b7-4-. The first-order chi connectivity index (χ1) is 6.39. The zero-order valence-electron chi connectivity index (χ0n) is 8.63. The van der Waals surface area contributed by atoms with Crippen LogP contribution in [0.5, 0.6) is 0 Å². The van der Waals surface area contributed by atoms with Crippen LogP contribution in [0, 0.1) is 0 Å². The molecule has 4 nitrogen and oxygen atoms in total. The highest BCUT2D eigenvalue weighted by Gasteiger charge is 2.14. The van der Waals surface area contributed by atoms with Gasteiger partial charge in [0.15, 0.2) is 0 Å². The molecule has 0 spiro atoms. The molecule has 0 aromatic rings. The summed E-state index contributed by atoms with van der Waals surface area (Å²) in [6, 6.07) is 0. The highest BCUT2D eigenvalue weighted by Crippen LogP contribution is 2.00. The summed E-state index contributed by atoms with van der Waals surface area (Å²) in [5.74, 6) is 0. The van der Waals surface area contributed by atoms with Crippen LogP contribution in [0.1, 0.15) is 20.8 Å². The number of hydrogen-bond donors (Lipinski definition) is 2. The van der Waals surface area contributed by atoms with Crippen LogP contribution in [-0.2, 0) is 4.74 Å². The molecule has 0 saturated carbocycles. The number of aliphatic hydroxyl groups is 1. The Labute approximate surface area is 82.8 Å². The highest BCUT2D eigenvalue weighted by molar-refractivity contribution is 5.68. The van der Waals surface area contributed by atoms with Gasteiger partial charge in [-0.1, -0.05) is 0 Å². The van der Waals surface area contributed by atoms with Crippen LogP contribution < -0.4 is 5.32 Å². The van der Waals surface area contributed by atoms with Crippen molar-refractivity contribution in [1.82, 2.24) is 5.32 Å². The molecule has 2 N–H and O–H groups in total. The van der Waals surface area contributed by atoms with Gasteiger partial charge in [0, 0.05) is 11.1 Å². The molecular weight excluding hydrogens is 189 g/mol. The molecule has 0 radical (unpaired) electrons. The number of rotatable bonds is 3. The second-order valence-corrected chi connectivity index (χ2v) is 3.88. The number of carbonyl (C=O) groups excluding carboxylic acids is 1. The summed E-state index contributed by atoms with van der Waals surface area (Å²) in [6.45, 7) is 4.69. The second kappa shape index (κ2) is 5.59. The molecule has 0 fully saturated rings. The zero-order chi connectivity index (χ0) is 11.2. The van der Waals surface area contributed by atoms with Gasteiger partial charge in [-0.15, -0.1) is 0 Å². The normalized spacial score (nSPS) is 12.5. The number of nitrogens with one attached hydrogen (secondary N) is 1. The molecule has 14 heavy (non-hydrogen) atoms. The van der Waals surface area contributed by atoms with Crippen LogP contribution in [0.2, 0.25) is 0 Å². The molecule has 0 atom stereocenters. The lowest BCUT2D eigenvalue weighted by molar-refractivity contribution is 0.142. The van der Waals surface area contributed by atoms with Crippen molar-refractivity contribution in [2.45, 2.75) is 26.3 Å². The quantitative estimate of drug-likeness (QED) is 0.731. The van der Waals surface area contributed by atoms with Crippen molar-refractivity contribution in [3.05, 3.63) is 11.9 Å². The second-order valence-electron chi connectivity index (χ2n) is 3.88. The molecule has 0 aromatic carbocycles. The average molecular weight is 205 g/mol. The minimum atomic E-state index is -0.634. The number of hydrogen-bond acceptors (Lipinski definition) is 3. The maximum Gasteiger partial charge on any atom is 0.407 e. The van der Waals surface area contributed by atoms with E-state index in [1.54, 1.807) is 20.8 Å². The van der Waals surface area contributed by atoms with Crippen LogP contribution >= 0.6 is 0 Å². The van der Waals surface area contributed by atoms with Crippen molar-refractivity contribution in [2.24, 2.45) is 0 Å². The minimum absolute atomic E-state index is 0.0223. The fourth-order valence-electron chi connectivity index (χ4n) is 0.612. The molecule has 82 valence electrons. The summed E-state index contributed by atoms with van der Waals surface area (Å²) in [6.07, 6.45) is -0.407. The van der Waals surface area contributed by atoms with Crippen molar-refractivity contribution in [2.75, 3.05) is 13.2 Å². The molecule has 0 unspecified atom stereocenters. The Morgan fingerprint density at radius 3 is 2.50 bits per heavy atom. The Bertz CT molecular complexity index is 221. The highest BCUT2D eigenvalue weighted by atomic mass is 19.1. The topological polar surface area (TPSA) is 58.6 Å². The number of aliphatic hydroxyl groups excluding tert-OH is 1. The molecule has 0 saturated heterocycles. The van der Waals surface area contributed by atoms with Crippen molar-refractivity contribution in [3.8, 4) is 0 Å². The molecular formula is C9H16FNO3. The van der Waals surface area contributed by atoms with Crippen LogP contribution in [-0.4, -0.2) is 30.0 Å². The van der Waals surface area contributed by atoms with Gasteiger partial charge in [0.05, 0.1) is 12.9 Å². The lowest BCUT2D eigenvalue weighted by Crippen LogP contribution is -2.41. The summed E-state index contributed by atoms with van der Waals surface area (Å²) < 4.78 is 16.6. The Hall–Kier alpha value is -1.10. The molecule has 0 aromatic heterocycles. The SMILES string of the molecule is CC(C)(C)NC(=O)OC/C(=C\F)CO. The first-order valence-corrected chi connectivity index (χ1v) is 4.23. The Balaban J connectivity index is 3.86. The maximum atomic E-state index is 11.9. The molecule has 0 aliphatic heterocycles. The summed E-state index contributed by atoms with van der Waals surface area (Å²) in [7, 11) is 0. The first kappa shape index (κ1) is 12.9. The smallest absolute Gasteiger partial charge is 0.407 e. The Morgan fingerprint density at radius 1 is 1.57 bits per heavy atom. The van der Waals surface area contributed by atoms with Crippen molar-refractivity contribution in [3.63, 3.8) is 0 Å².